The van der Waals surface area contributed by atoms with Gasteiger partial charge in [0.25, 0.3) is 5.91 Å². The number of amides is 1. The first-order chi connectivity index (χ1) is 13.3. The van der Waals surface area contributed by atoms with Crippen LogP contribution in [0.1, 0.15) is 59.2 Å². The first-order valence-corrected chi connectivity index (χ1v) is 10.2. The van der Waals surface area contributed by atoms with Gasteiger partial charge in [-0.05, 0) is 49.4 Å². The molecule has 0 aliphatic heterocycles. The van der Waals surface area contributed by atoms with Crippen LogP contribution in [0.5, 0.6) is 0 Å². The van der Waals surface area contributed by atoms with Crippen molar-refractivity contribution < 1.29 is 9.52 Å². The molecule has 0 spiro atoms. The number of hydrogen-bond acceptors (Lipinski definition) is 2. The molecule has 0 saturated heterocycles. The Hall–Kier alpha value is -2.04. The standard InChI is InChI=1S/C22H26Cl2N2O2/c1-6-9-10-18-13(4)26(28)14(5)19(20(18)24)22(27)25-21-15(7-2)11-17(23)12-16(21)8-3/h6,9,11-12H,7-8,10H2,1-5H3,(H,25,27). The van der Waals surface area contributed by atoms with Crippen LogP contribution in [-0.2, 0) is 19.3 Å². The molecule has 0 aliphatic rings. The number of aromatic nitrogens is 1. The lowest BCUT2D eigenvalue weighted by Gasteiger charge is -2.18. The molecule has 0 fully saturated rings. The van der Waals surface area contributed by atoms with E-state index in [1.807, 2.05) is 45.1 Å². The summed E-state index contributed by atoms with van der Waals surface area (Å²) in [5.74, 6) is -0.388. The number of aryl methyl sites for hydroxylation is 2. The minimum Gasteiger partial charge on any atom is -0.618 e. The Morgan fingerprint density at radius 2 is 1.71 bits per heavy atom. The SMILES string of the molecule is CC=CCc1c(Cl)c(C(=O)Nc2c(CC)cc(Cl)cc2CC)c(C)[n+]([O-])c1C. The number of benzene rings is 1. The van der Waals surface area contributed by atoms with Crippen LogP contribution in [0.4, 0.5) is 5.69 Å². The van der Waals surface area contributed by atoms with E-state index in [0.29, 0.717) is 27.7 Å². The van der Waals surface area contributed by atoms with E-state index in [1.54, 1.807) is 13.8 Å². The van der Waals surface area contributed by atoms with Gasteiger partial charge in [-0.2, -0.15) is 4.73 Å². The topological polar surface area (TPSA) is 56.0 Å². The van der Waals surface area contributed by atoms with Crippen LogP contribution in [0.25, 0.3) is 0 Å². The van der Waals surface area contributed by atoms with E-state index in [0.717, 1.165) is 34.4 Å². The summed E-state index contributed by atoms with van der Waals surface area (Å²) in [6, 6.07) is 3.70. The maximum atomic E-state index is 13.2. The molecule has 6 heteroatoms. The summed E-state index contributed by atoms with van der Waals surface area (Å²) in [4.78, 5) is 13.2. The molecule has 1 N–H and O–H groups in total. The number of allylic oxidation sites excluding steroid dienone is 2. The van der Waals surface area contributed by atoms with Crippen molar-refractivity contribution in [1.29, 1.82) is 0 Å². The Bertz CT molecular complexity index is 912. The summed E-state index contributed by atoms with van der Waals surface area (Å²) >= 11 is 12.8. The van der Waals surface area contributed by atoms with E-state index >= 15 is 0 Å². The molecule has 1 aromatic heterocycles. The predicted octanol–water partition coefficient (Wildman–Crippen LogP) is 5.74. The number of carbonyl (C=O) groups is 1. The summed E-state index contributed by atoms with van der Waals surface area (Å²) < 4.78 is 0.781. The van der Waals surface area contributed by atoms with Gasteiger partial charge in [0.05, 0.1) is 5.02 Å². The van der Waals surface area contributed by atoms with Crippen LogP contribution in [0, 0.1) is 19.1 Å². The van der Waals surface area contributed by atoms with Gasteiger partial charge in [-0.3, -0.25) is 4.79 Å². The summed E-state index contributed by atoms with van der Waals surface area (Å²) in [6.45, 7) is 9.24. The molecule has 28 heavy (non-hydrogen) atoms. The van der Waals surface area contributed by atoms with E-state index in [2.05, 4.69) is 5.32 Å². The molecule has 0 bridgehead atoms. The molecule has 150 valence electrons. The van der Waals surface area contributed by atoms with Crippen molar-refractivity contribution in [2.75, 3.05) is 5.32 Å². The second kappa shape index (κ2) is 9.44. The number of halogens is 2. The quantitative estimate of drug-likeness (QED) is 0.367. The van der Waals surface area contributed by atoms with Crippen molar-refractivity contribution in [2.45, 2.75) is 53.9 Å². The normalized spacial score (nSPS) is 11.2. The van der Waals surface area contributed by atoms with Crippen molar-refractivity contribution >= 4 is 34.8 Å². The first-order valence-electron chi connectivity index (χ1n) is 9.41. The van der Waals surface area contributed by atoms with Crippen molar-refractivity contribution in [3.63, 3.8) is 0 Å². The number of rotatable bonds is 6. The fourth-order valence-corrected chi connectivity index (χ4v) is 4.00. The third kappa shape index (κ3) is 4.34. The van der Waals surface area contributed by atoms with Gasteiger partial charge in [0.15, 0.2) is 5.69 Å². The lowest BCUT2D eigenvalue weighted by atomic mass is 10.0. The molecule has 0 atom stereocenters. The molecule has 0 radical (unpaired) electrons. The van der Waals surface area contributed by atoms with E-state index < -0.39 is 0 Å². The van der Waals surface area contributed by atoms with E-state index in [9.17, 15) is 10.0 Å². The van der Waals surface area contributed by atoms with Gasteiger partial charge in [-0.1, -0.05) is 49.2 Å². The largest absolute Gasteiger partial charge is 0.618 e. The monoisotopic (exact) mass is 420 g/mol. The Balaban J connectivity index is 2.58. The van der Waals surface area contributed by atoms with Gasteiger partial charge in [0.1, 0.15) is 5.56 Å². The van der Waals surface area contributed by atoms with E-state index in [1.165, 1.54) is 0 Å². The van der Waals surface area contributed by atoms with Crippen LogP contribution in [0.3, 0.4) is 0 Å². The summed E-state index contributed by atoms with van der Waals surface area (Å²) in [7, 11) is 0. The minimum atomic E-state index is -0.388. The predicted molar refractivity (Wildman–Crippen MR) is 117 cm³/mol. The van der Waals surface area contributed by atoms with Gasteiger partial charge in [0, 0.05) is 30.1 Å². The van der Waals surface area contributed by atoms with E-state index in [-0.39, 0.29) is 17.2 Å². The number of nitrogens with one attached hydrogen (secondary N) is 1. The zero-order valence-electron chi connectivity index (χ0n) is 17.0. The summed E-state index contributed by atoms with van der Waals surface area (Å²) in [5.41, 5.74) is 4.30. The second-order valence-corrected chi connectivity index (χ2v) is 7.48. The second-order valence-electron chi connectivity index (χ2n) is 6.67. The molecule has 2 rings (SSSR count). The molecular formula is C22H26Cl2N2O2. The number of pyridine rings is 1. The number of nitrogens with zero attached hydrogens (tertiary/aromatic N) is 1. The smallest absolute Gasteiger partial charge is 0.263 e. The highest BCUT2D eigenvalue weighted by Crippen LogP contribution is 2.30. The highest BCUT2D eigenvalue weighted by molar-refractivity contribution is 6.35. The fourth-order valence-electron chi connectivity index (χ4n) is 3.30. The molecule has 0 unspecified atom stereocenters. The molecule has 2 aromatic rings. The Kier molecular flexibility index (Phi) is 7.50. The summed E-state index contributed by atoms with van der Waals surface area (Å²) in [5, 5.41) is 16.6. The number of carbonyl (C=O) groups excluding carboxylic acids is 1. The minimum absolute atomic E-state index is 0.209. The molecule has 1 amide bonds. The Morgan fingerprint density at radius 1 is 1.14 bits per heavy atom. The molecule has 0 aliphatic carbocycles. The third-order valence-corrected chi connectivity index (χ3v) is 5.58. The number of hydrogen-bond donors (Lipinski definition) is 1. The van der Waals surface area contributed by atoms with Crippen LogP contribution >= 0.6 is 23.2 Å². The van der Waals surface area contributed by atoms with Gasteiger partial charge in [-0.15, -0.1) is 0 Å². The van der Waals surface area contributed by atoms with Crippen molar-refractivity contribution in [2.24, 2.45) is 0 Å². The van der Waals surface area contributed by atoms with Crippen LogP contribution in [0.2, 0.25) is 10.0 Å². The van der Waals surface area contributed by atoms with Crippen LogP contribution in [-0.4, -0.2) is 5.91 Å². The Morgan fingerprint density at radius 3 is 2.21 bits per heavy atom. The first kappa shape index (κ1) is 22.3. The van der Waals surface area contributed by atoms with Crippen LogP contribution < -0.4 is 10.0 Å². The lowest BCUT2D eigenvalue weighted by Crippen LogP contribution is -2.38. The molecule has 1 aromatic carbocycles. The average Bonchev–Trinajstić information content (AvgIpc) is 2.67. The molecular weight excluding hydrogens is 395 g/mol. The highest BCUT2D eigenvalue weighted by atomic mass is 35.5. The van der Waals surface area contributed by atoms with Crippen molar-refractivity contribution in [3.05, 3.63) is 73.2 Å². The van der Waals surface area contributed by atoms with Gasteiger partial charge in [-0.25, -0.2) is 0 Å². The molecule has 1 heterocycles. The van der Waals surface area contributed by atoms with Gasteiger partial charge >= 0.3 is 0 Å². The Labute approximate surface area is 176 Å². The zero-order valence-corrected chi connectivity index (χ0v) is 18.5. The lowest BCUT2D eigenvalue weighted by molar-refractivity contribution is -0.619. The van der Waals surface area contributed by atoms with E-state index in [4.69, 9.17) is 23.2 Å². The third-order valence-electron chi connectivity index (χ3n) is 4.94. The average molecular weight is 421 g/mol. The molecule has 0 saturated carbocycles. The van der Waals surface area contributed by atoms with Gasteiger partial charge in [0.2, 0.25) is 5.69 Å². The van der Waals surface area contributed by atoms with Crippen LogP contribution in [0.15, 0.2) is 24.3 Å². The molecule has 4 nitrogen and oxygen atoms in total. The van der Waals surface area contributed by atoms with Crippen molar-refractivity contribution in [3.8, 4) is 0 Å². The summed E-state index contributed by atoms with van der Waals surface area (Å²) in [6.07, 6.45) is 5.73. The number of anilines is 1. The highest BCUT2D eigenvalue weighted by Gasteiger charge is 2.27. The van der Waals surface area contributed by atoms with Gasteiger partial charge < -0.3 is 10.5 Å². The van der Waals surface area contributed by atoms with Crippen molar-refractivity contribution in [1.82, 2.24) is 0 Å². The maximum absolute atomic E-state index is 13.2. The zero-order chi connectivity index (χ0) is 21.0. The fraction of sp³-hybridized carbons (Fsp3) is 0.364. The maximum Gasteiger partial charge on any atom is 0.263 e.